The molecule has 21 heavy (non-hydrogen) atoms. The molecular weight excluding hydrogens is 278 g/mol. The first-order valence-corrected chi connectivity index (χ1v) is 6.26. The summed E-state index contributed by atoms with van der Waals surface area (Å²) < 4.78 is 0. The number of nitro benzene ring substituents is 1. The number of aliphatic carboxylic acids is 1. The number of carbonyl (C=O) groups excluding carboxylic acids is 1. The lowest BCUT2D eigenvalue weighted by Gasteiger charge is -2.14. The van der Waals surface area contributed by atoms with Crippen LogP contribution in [0.5, 0.6) is 0 Å². The number of nitro groups is 1. The van der Waals surface area contributed by atoms with Crippen LogP contribution >= 0.6 is 0 Å². The summed E-state index contributed by atoms with van der Waals surface area (Å²) in [5, 5.41) is 25.0. The molecule has 1 unspecified atom stereocenters. The van der Waals surface area contributed by atoms with E-state index in [1.165, 1.54) is 13.0 Å². The summed E-state index contributed by atoms with van der Waals surface area (Å²) in [5.74, 6) is -1.58. The number of benzene rings is 1. The van der Waals surface area contributed by atoms with Crippen LogP contribution in [0.1, 0.15) is 18.1 Å². The lowest BCUT2D eigenvalue weighted by Crippen LogP contribution is -2.46. The Labute approximate surface area is 121 Å². The Balaban J connectivity index is 2.67. The molecule has 1 atom stereocenters. The first kappa shape index (κ1) is 16.6. The Kier molecular flexibility index (Phi) is 5.79. The maximum Gasteiger partial charge on any atom is 0.327 e. The molecule has 0 saturated heterocycles. The molecule has 0 heterocycles. The third-order valence-electron chi connectivity index (χ3n) is 2.95. The third-order valence-corrected chi connectivity index (χ3v) is 2.95. The molecular formula is C13H17N3O5. The van der Waals surface area contributed by atoms with Gasteiger partial charge in [0.05, 0.1) is 4.92 Å². The summed E-state index contributed by atoms with van der Waals surface area (Å²) in [6.07, 6.45) is 0. The van der Waals surface area contributed by atoms with E-state index in [4.69, 9.17) is 5.11 Å². The summed E-state index contributed by atoms with van der Waals surface area (Å²) in [6.45, 7) is 3.17. The van der Waals surface area contributed by atoms with Crippen molar-refractivity contribution in [2.24, 2.45) is 0 Å². The van der Waals surface area contributed by atoms with Crippen LogP contribution in [-0.2, 0) is 16.1 Å². The summed E-state index contributed by atoms with van der Waals surface area (Å²) in [7, 11) is 0. The van der Waals surface area contributed by atoms with Crippen molar-refractivity contribution in [3.63, 3.8) is 0 Å². The Morgan fingerprint density at radius 3 is 2.62 bits per heavy atom. The third kappa shape index (κ3) is 4.84. The highest BCUT2D eigenvalue weighted by Crippen LogP contribution is 2.20. The smallest absolute Gasteiger partial charge is 0.327 e. The van der Waals surface area contributed by atoms with Crippen LogP contribution in [0.3, 0.4) is 0 Å². The molecule has 0 spiro atoms. The van der Waals surface area contributed by atoms with Gasteiger partial charge in [0.15, 0.2) is 0 Å². The molecule has 0 radical (unpaired) electrons. The van der Waals surface area contributed by atoms with Crippen molar-refractivity contribution in [3.05, 3.63) is 39.4 Å². The van der Waals surface area contributed by atoms with E-state index < -0.39 is 22.8 Å². The predicted octanol–water partition coefficient (Wildman–Crippen LogP) is 0.582. The van der Waals surface area contributed by atoms with Gasteiger partial charge >= 0.3 is 5.97 Å². The normalized spacial score (nSPS) is 11.7. The van der Waals surface area contributed by atoms with E-state index >= 15 is 0 Å². The van der Waals surface area contributed by atoms with Crippen molar-refractivity contribution in [1.29, 1.82) is 0 Å². The van der Waals surface area contributed by atoms with Gasteiger partial charge in [-0.05, 0) is 12.5 Å². The van der Waals surface area contributed by atoms with Crippen molar-refractivity contribution in [2.75, 3.05) is 6.54 Å². The lowest BCUT2D eigenvalue weighted by atomic mass is 10.1. The zero-order valence-electron chi connectivity index (χ0n) is 11.8. The first-order chi connectivity index (χ1) is 9.82. The SMILES string of the molecule is CC(=O)NC(CNCc1cccc([N+](=O)[O-])c1C)C(=O)O. The fourth-order valence-electron chi connectivity index (χ4n) is 1.86. The van der Waals surface area contributed by atoms with E-state index in [1.807, 2.05) is 0 Å². The van der Waals surface area contributed by atoms with Crippen LogP contribution in [0.4, 0.5) is 5.69 Å². The molecule has 8 heteroatoms. The molecule has 114 valence electrons. The minimum absolute atomic E-state index is 0.0194. The average molecular weight is 295 g/mol. The van der Waals surface area contributed by atoms with Gasteiger partial charge in [-0.15, -0.1) is 0 Å². The number of hydrogen-bond donors (Lipinski definition) is 3. The molecule has 1 rings (SSSR count). The topological polar surface area (TPSA) is 122 Å². The second-order valence-electron chi connectivity index (χ2n) is 4.54. The van der Waals surface area contributed by atoms with Crippen LogP contribution in [0.25, 0.3) is 0 Å². The number of nitrogens with one attached hydrogen (secondary N) is 2. The molecule has 0 fully saturated rings. The van der Waals surface area contributed by atoms with Gasteiger partial charge in [0.25, 0.3) is 5.69 Å². The van der Waals surface area contributed by atoms with Gasteiger partial charge in [-0.1, -0.05) is 12.1 Å². The quantitative estimate of drug-likeness (QED) is 0.499. The lowest BCUT2D eigenvalue weighted by molar-refractivity contribution is -0.385. The van der Waals surface area contributed by atoms with Gasteiger partial charge in [-0.25, -0.2) is 4.79 Å². The fourth-order valence-corrected chi connectivity index (χ4v) is 1.86. The van der Waals surface area contributed by atoms with Crippen molar-refractivity contribution >= 4 is 17.6 Å². The van der Waals surface area contributed by atoms with Gasteiger partial charge in [0.2, 0.25) is 5.91 Å². The number of carbonyl (C=O) groups is 2. The summed E-state index contributed by atoms with van der Waals surface area (Å²) in [4.78, 5) is 32.2. The highest BCUT2D eigenvalue weighted by atomic mass is 16.6. The fraction of sp³-hybridized carbons (Fsp3) is 0.385. The van der Waals surface area contributed by atoms with Crippen LogP contribution in [0.15, 0.2) is 18.2 Å². The molecule has 1 aromatic rings. The van der Waals surface area contributed by atoms with E-state index in [0.717, 1.165) is 0 Å². The van der Waals surface area contributed by atoms with Crippen LogP contribution in [-0.4, -0.2) is 34.5 Å². The molecule has 0 aromatic heterocycles. The van der Waals surface area contributed by atoms with Crippen LogP contribution in [0, 0.1) is 17.0 Å². The van der Waals surface area contributed by atoms with E-state index in [1.54, 1.807) is 19.1 Å². The van der Waals surface area contributed by atoms with Crippen molar-refractivity contribution in [2.45, 2.75) is 26.4 Å². The Morgan fingerprint density at radius 1 is 1.43 bits per heavy atom. The van der Waals surface area contributed by atoms with Crippen molar-refractivity contribution in [1.82, 2.24) is 10.6 Å². The average Bonchev–Trinajstić information content (AvgIpc) is 2.38. The number of hydrogen-bond acceptors (Lipinski definition) is 5. The zero-order chi connectivity index (χ0) is 16.0. The Hall–Kier alpha value is -2.48. The van der Waals surface area contributed by atoms with E-state index in [9.17, 15) is 19.7 Å². The molecule has 1 amide bonds. The summed E-state index contributed by atoms with van der Waals surface area (Å²) in [6, 6.07) is 3.67. The number of nitrogens with zero attached hydrogens (tertiary/aromatic N) is 1. The van der Waals surface area contributed by atoms with Crippen LogP contribution in [0.2, 0.25) is 0 Å². The predicted molar refractivity (Wildman–Crippen MR) is 74.8 cm³/mol. The standard InChI is InChI=1S/C13H17N3O5/c1-8-10(4-3-5-12(8)16(20)21)6-14-7-11(13(18)19)15-9(2)17/h3-5,11,14H,6-7H2,1-2H3,(H,15,17)(H,18,19). The van der Waals surface area contributed by atoms with Crippen molar-refractivity contribution in [3.8, 4) is 0 Å². The zero-order valence-corrected chi connectivity index (χ0v) is 11.8. The van der Waals surface area contributed by atoms with Gasteiger partial charge < -0.3 is 15.7 Å². The summed E-state index contributed by atoms with van der Waals surface area (Å²) in [5.41, 5.74) is 1.25. The Morgan fingerprint density at radius 2 is 2.10 bits per heavy atom. The molecule has 8 nitrogen and oxygen atoms in total. The first-order valence-electron chi connectivity index (χ1n) is 6.26. The number of carboxylic acid groups (broad SMARTS) is 1. The van der Waals surface area contributed by atoms with Gasteiger partial charge in [0.1, 0.15) is 6.04 Å². The molecule has 0 saturated carbocycles. The van der Waals surface area contributed by atoms with Crippen molar-refractivity contribution < 1.29 is 19.6 Å². The molecule has 0 aliphatic heterocycles. The van der Waals surface area contributed by atoms with Gasteiger partial charge in [-0.2, -0.15) is 0 Å². The summed E-state index contributed by atoms with van der Waals surface area (Å²) >= 11 is 0. The highest BCUT2D eigenvalue weighted by Gasteiger charge is 2.18. The van der Waals surface area contributed by atoms with Gasteiger partial charge in [0, 0.05) is 31.6 Å². The van der Waals surface area contributed by atoms with E-state index in [0.29, 0.717) is 11.1 Å². The minimum Gasteiger partial charge on any atom is -0.480 e. The maximum absolute atomic E-state index is 10.9. The monoisotopic (exact) mass is 295 g/mol. The second kappa shape index (κ2) is 7.34. The largest absolute Gasteiger partial charge is 0.480 e. The maximum atomic E-state index is 10.9. The molecule has 0 bridgehead atoms. The number of carboxylic acids is 1. The van der Waals surface area contributed by atoms with E-state index in [-0.39, 0.29) is 18.8 Å². The van der Waals surface area contributed by atoms with Gasteiger partial charge in [-0.3, -0.25) is 14.9 Å². The number of amides is 1. The second-order valence-corrected chi connectivity index (χ2v) is 4.54. The molecule has 0 aliphatic rings. The highest BCUT2D eigenvalue weighted by molar-refractivity contribution is 5.82. The molecule has 3 N–H and O–H groups in total. The number of rotatable bonds is 7. The molecule has 1 aromatic carbocycles. The van der Waals surface area contributed by atoms with Crippen LogP contribution < -0.4 is 10.6 Å². The van der Waals surface area contributed by atoms with E-state index in [2.05, 4.69) is 10.6 Å². The molecule has 0 aliphatic carbocycles. The Bertz CT molecular complexity index is 559. The minimum atomic E-state index is -1.14.